The molecular weight excluding hydrogens is 1200 g/mol. The molecule has 1 saturated heterocycles. The van der Waals surface area contributed by atoms with Crippen LogP contribution in [0.15, 0.2) is 158 Å². The van der Waals surface area contributed by atoms with Crippen LogP contribution in [0.2, 0.25) is 0 Å². The van der Waals surface area contributed by atoms with Crippen LogP contribution in [0, 0.1) is 13.8 Å². The highest BCUT2D eigenvalue weighted by atomic mass is 15.4. The van der Waals surface area contributed by atoms with Gasteiger partial charge in [0.2, 0.25) is 0 Å². The molecule has 3 aliphatic carbocycles. The van der Waals surface area contributed by atoms with Crippen LogP contribution in [-0.2, 0) is 45.6 Å². The van der Waals surface area contributed by atoms with Crippen LogP contribution >= 0.6 is 0 Å². The number of dihydropyridines is 1. The van der Waals surface area contributed by atoms with Gasteiger partial charge in [0.15, 0.2) is 0 Å². The minimum Gasteiger partial charge on any atom is -0.383 e. The van der Waals surface area contributed by atoms with Gasteiger partial charge in [-0.05, 0) is 227 Å². The molecule has 15 heteroatoms. The largest absolute Gasteiger partial charge is 0.383 e. The Morgan fingerprint density at radius 2 is 1.14 bits per heavy atom. The van der Waals surface area contributed by atoms with Crippen molar-refractivity contribution in [2.24, 2.45) is 0 Å². The predicted octanol–water partition coefficient (Wildman–Crippen LogP) is 16.3. The fourth-order valence-electron chi connectivity index (χ4n) is 15.5. The molecule has 520 valence electrons. The Morgan fingerprint density at radius 3 is 1.74 bits per heavy atom. The van der Waals surface area contributed by atoms with Crippen LogP contribution in [0.25, 0.3) is 22.1 Å². The molecule has 0 spiro atoms. The number of piperidine rings is 1. The molecule has 97 heavy (non-hydrogen) atoms. The summed E-state index contributed by atoms with van der Waals surface area (Å²) >= 11 is 0. The lowest BCUT2D eigenvalue weighted by Crippen LogP contribution is -2.59. The lowest BCUT2D eigenvalue weighted by Gasteiger charge is -2.46. The Hall–Kier alpha value is -7.27. The zero-order chi connectivity index (χ0) is 68.5. The van der Waals surface area contributed by atoms with Crippen molar-refractivity contribution in [2.75, 3.05) is 77.2 Å². The number of hydrogen-bond donors (Lipinski definition) is 2. The summed E-state index contributed by atoms with van der Waals surface area (Å²) in [6.45, 7) is 34.4. The highest BCUT2D eigenvalue weighted by Crippen LogP contribution is 2.42. The molecule has 3 aliphatic heterocycles. The van der Waals surface area contributed by atoms with Crippen molar-refractivity contribution >= 4 is 33.4 Å². The Morgan fingerprint density at radius 1 is 0.577 bits per heavy atom. The molecule has 5 aromatic heterocycles. The van der Waals surface area contributed by atoms with E-state index in [1.54, 1.807) is 5.57 Å². The number of nitrogens with zero attached hydrogens (tertiary/aromatic N) is 13. The number of allylic oxidation sites excluding steroid dienone is 2. The maximum Gasteiger partial charge on any atom is 0.124 e. The third-order valence-electron chi connectivity index (χ3n) is 20.1. The van der Waals surface area contributed by atoms with Crippen LogP contribution in [0.5, 0.6) is 0 Å². The van der Waals surface area contributed by atoms with E-state index in [1.165, 1.54) is 127 Å². The molecule has 0 bridgehead atoms. The van der Waals surface area contributed by atoms with Crippen LogP contribution in [0.3, 0.4) is 0 Å². The van der Waals surface area contributed by atoms with Gasteiger partial charge >= 0.3 is 0 Å². The maximum absolute atomic E-state index is 5.05. The fourth-order valence-corrected chi connectivity index (χ4v) is 15.5. The second kappa shape index (κ2) is 37.6. The summed E-state index contributed by atoms with van der Waals surface area (Å²) in [5, 5.41) is 7.46. The summed E-state index contributed by atoms with van der Waals surface area (Å²) in [6.07, 6.45) is 30.9. The highest BCUT2D eigenvalue weighted by Gasteiger charge is 2.43. The van der Waals surface area contributed by atoms with Gasteiger partial charge in [-0.15, -0.1) is 0 Å². The average Bonchev–Trinajstić information content (AvgIpc) is 1.61. The number of aromatic nitrogens is 7. The van der Waals surface area contributed by atoms with Gasteiger partial charge in [0.05, 0.1) is 76.0 Å². The monoisotopic (exact) mass is 1310 g/mol. The van der Waals surface area contributed by atoms with Gasteiger partial charge in [-0.1, -0.05) is 122 Å². The van der Waals surface area contributed by atoms with Crippen LogP contribution < -0.4 is 15.5 Å². The molecule has 8 aromatic rings. The van der Waals surface area contributed by atoms with E-state index in [1.807, 2.05) is 72.4 Å². The standard InChI is InChI=1S/C26H35N5.C25H31N5.C25H33N5.3C2H6/c1-4-16-30(17-5-2)18-19-31-23-13-7-6-12-22(23)28-25(31)20-29(3)24-14-8-10-21-11-9-15-27-26(21)24;1-25(18-29(2)23-13-5-9-20-10-7-15-27-24(20)23)28-21-11-3-4-12-22(21)30(25)17-19-8-6-14-26-16-19;1-28(23-13-7-9-20-10-8-14-26-25(20)23)19-24-27-21-11-3-4-12-22(21)30(24)18-17-29-15-5-2-6-16-29;3*1-2/h6-7,9,11-13,15,24H,1-2,4-5,8,10,14,16-20H2,3H3;3-4,6-8,10-12,14-16,23-24,27-28H,5,9,13,17-18H2,1-2H3;3-4,8,10-12,14,23H,2,5-7,9,13,15-19H2,1H3;3*1-2H3. The molecule has 5 atom stereocenters. The van der Waals surface area contributed by atoms with Gasteiger partial charge in [0.1, 0.15) is 17.3 Å². The van der Waals surface area contributed by atoms with E-state index in [0.29, 0.717) is 24.2 Å². The molecular formula is C82H117N15. The minimum absolute atomic E-state index is 0.194. The normalized spacial score (nSPS) is 20.0. The van der Waals surface area contributed by atoms with Crippen molar-refractivity contribution in [3.63, 3.8) is 0 Å². The van der Waals surface area contributed by atoms with Gasteiger partial charge in [-0.25, -0.2) is 9.97 Å². The molecule has 8 heterocycles. The lowest BCUT2D eigenvalue weighted by molar-refractivity contribution is 0.156. The number of nitrogens with one attached hydrogen (secondary N) is 2. The number of rotatable bonds is 21. The quantitative estimate of drug-likeness (QED) is 0.0711. The van der Waals surface area contributed by atoms with Crippen molar-refractivity contribution in [1.82, 2.24) is 63.9 Å². The second-order valence-corrected chi connectivity index (χ2v) is 26.5. The zero-order valence-electron chi connectivity index (χ0n) is 60.9. The van der Waals surface area contributed by atoms with E-state index in [4.69, 9.17) is 19.9 Å². The molecule has 2 N–H and O–H groups in total. The first kappa shape index (κ1) is 74.0. The number of anilines is 2. The van der Waals surface area contributed by atoms with Crippen LogP contribution in [0.1, 0.15) is 177 Å². The number of hydrogen-bond acceptors (Lipinski definition) is 13. The number of aryl methyl sites for hydroxylation is 2. The molecule has 2 fully saturated rings. The maximum atomic E-state index is 5.05. The zero-order valence-corrected chi connectivity index (χ0v) is 60.9. The Bertz CT molecular complexity index is 3670. The van der Waals surface area contributed by atoms with Crippen LogP contribution in [-0.4, -0.2) is 143 Å². The topological polar surface area (TPSA) is 118 Å². The Balaban J connectivity index is 0.000000164. The summed E-state index contributed by atoms with van der Waals surface area (Å²) in [5.41, 5.74) is 15.1. The first-order chi connectivity index (χ1) is 47.6. The number of imidazole rings is 2. The first-order valence-corrected chi connectivity index (χ1v) is 37.2. The number of para-hydroxylation sites is 6. The van der Waals surface area contributed by atoms with E-state index in [9.17, 15) is 0 Å². The Kier molecular flexibility index (Phi) is 28.7. The van der Waals surface area contributed by atoms with Crippen molar-refractivity contribution in [3.05, 3.63) is 211 Å². The molecule has 14 rings (SSSR count). The third-order valence-corrected chi connectivity index (χ3v) is 20.1. The number of likely N-dealkylation sites (N-methyl/N-ethyl adjacent to an activating group) is 1. The predicted molar refractivity (Wildman–Crippen MR) is 406 cm³/mol. The highest BCUT2D eigenvalue weighted by molar-refractivity contribution is 5.78. The summed E-state index contributed by atoms with van der Waals surface area (Å²) in [4.78, 5) is 38.9. The summed E-state index contributed by atoms with van der Waals surface area (Å²) < 4.78 is 4.87. The van der Waals surface area contributed by atoms with E-state index in [-0.39, 0.29) is 5.66 Å². The summed E-state index contributed by atoms with van der Waals surface area (Å²) in [6, 6.07) is 40.2. The third kappa shape index (κ3) is 18.7. The van der Waals surface area contributed by atoms with Crippen molar-refractivity contribution in [1.29, 1.82) is 0 Å². The average molecular weight is 1310 g/mol. The lowest BCUT2D eigenvalue weighted by atomic mass is 9.83. The van der Waals surface area contributed by atoms with Crippen molar-refractivity contribution in [2.45, 2.75) is 201 Å². The van der Waals surface area contributed by atoms with E-state index in [0.717, 1.165) is 114 Å². The van der Waals surface area contributed by atoms with Gasteiger partial charge < -0.3 is 34.5 Å². The van der Waals surface area contributed by atoms with E-state index in [2.05, 4.69) is 218 Å². The number of benzene rings is 3. The van der Waals surface area contributed by atoms with Crippen molar-refractivity contribution in [3.8, 4) is 0 Å². The Labute approximate surface area is 583 Å². The van der Waals surface area contributed by atoms with Gasteiger partial charge in [-0.3, -0.25) is 29.7 Å². The van der Waals surface area contributed by atoms with E-state index >= 15 is 0 Å². The molecule has 2 radical (unpaired) electrons. The molecule has 15 nitrogen and oxygen atoms in total. The first-order valence-electron chi connectivity index (χ1n) is 37.2. The summed E-state index contributed by atoms with van der Waals surface area (Å²) in [5.74, 6) is 2.31. The molecule has 5 unspecified atom stereocenters. The number of likely N-dealkylation sites (tertiary alicyclic amines) is 1. The van der Waals surface area contributed by atoms with Gasteiger partial charge in [0, 0.05) is 70.1 Å². The molecule has 1 saturated carbocycles. The van der Waals surface area contributed by atoms with Gasteiger partial charge in [-0.2, -0.15) is 0 Å². The SMILES string of the molecule is CC.CC.CC.CN(CC1(C)Nc2ccccc2N1Cc1cccnc1)C1CCCC2=CC=CNC21.CN(Cc1nc2ccccc2n1CCN1CCCCC1)C1CCCc2cccnc21.[CH2]CCN(CC[CH2])CCn1c(CN(C)C2CCCc3cccnc32)nc2ccccc21. The molecule has 0 amide bonds. The molecule has 6 aliphatic rings. The smallest absolute Gasteiger partial charge is 0.124 e. The second-order valence-electron chi connectivity index (χ2n) is 26.5. The number of pyridine rings is 3. The molecule has 3 aromatic carbocycles. The number of fused-ring (bicyclic) bond motifs is 6. The summed E-state index contributed by atoms with van der Waals surface area (Å²) in [7, 11) is 6.74. The minimum atomic E-state index is -0.194. The van der Waals surface area contributed by atoms with Crippen LogP contribution in [0.4, 0.5) is 11.4 Å². The van der Waals surface area contributed by atoms with Crippen molar-refractivity contribution < 1.29 is 0 Å². The van der Waals surface area contributed by atoms with Gasteiger partial charge in [0.25, 0.3) is 0 Å². The fraction of sp³-hybridized carbons (Fsp3) is 0.500. The van der Waals surface area contributed by atoms with E-state index < -0.39 is 0 Å².